The molecule has 17 heavy (non-hydrogen) atoms. The third kappa shape index (κ3) is 2.04. The van der Waals surface area contributed by atoms with Crippen LogP contribution in [0.5, 0.6) is 11.5 Å². The van der Waals surface area contributed by atoms with E-state index < -0.39 is 0 Å². The number of hydrogen-bond acceptors (Lipinski definition) is 3. The van der Waals surface area contributed by atoms with E-state index in [4.69, 9.17) is 0 Å². The first-order chi connectivity index (χ1) is 7.77. The van der Waals surface area contributed by atoms with Gasteiger partial charge in [-0.25, -0.2) is 0 Å². The zero-order valence-electron chi connectivity index (χ0n) is 9.65. The molecule has 2 aliphatic rings. The number of phenolic OH excluding ortho intramolecular Hbond substituents is 2. The quantitative estimate of drug-likeness (QED) is 0.645. The number of rotatable bonds is 0. The van der Waals surface area contributed by atoms with E-state index in [-0.39, 0.29) is 28.5 Å². The Balaban J connectivity index is 0.00000108. The summed E-state index contributed by atoms with van der Waals surface area (Å²) >= 11 is 0. The van der Waals surface area contributed by atoms with Crippen molar-refractivity contribution in [3.63, 3.8) is 0 Å². The van der Waals surface area contributed by atoms with Crippen LogP contribution < -0.4 is 5.32 Å². The Kier molecular flexibility index (Phi) is 3.64. The van der Waals surface area contributed by atoms with E-state index in [0.29, 0.717) is 12.0 Å². The highest BCUT2D eigenvalue weighted by molar-refractivity contribution is 8.93. The Morgan fingerprint density at radius 3 is 2.82 bits per heavy atom. The molecular formula is C13H18BrNO2. The lowest BCUT2D eigenvalue weighted by Crippen LogP contribution is -2.42. The number of hydrogen-bond donors (Lipinski definition) is 3. The van der Waals surface area contributed by atoms with Gasteiger partial charge in [-0.15, -0.1) is 17.0 Å². The van der Waals surface area contributed by atoms with Crippen molar-refractivity contribution >= 4 is 17.0 Å². The molecule has 0 saturated carbocycles. The molecule has 0 unspecified atom stereocenters. The molecule has 3 N–H and O–H groups in total. The lowest BCUT2D eigenvalue weighted by atomic mass is 9.75. The van der Waals surface area contributed by atoms with Crippen molar-refractivity contribution in [3.05, 3.63) is 23.3 Å². The molecule has 4 heteroatoms. The van der Waals surface area contributed by atoms with Crippen LogP contribution in [0.25, 0.3) is 0 Å². The van der Waals surface area contributed by atoms with Crippen molar-refractivity contribution in [1.82, 2.24) is 5.32 Å². The summed E-state index contributed by atoms with van der Waals surface area (Å²) in [5, 5.41) is 22.9. The Bertz CT molecular complexity index is 422. The van der Waals surface area contributed by atoms with E-state index in [1.807, 2.05) is 6.07 Å². The molecule has 94 valence electrons. The fraction of sp³-hybridized carbons (Fsp3) is 0.538. The van der Waals surface area contributed by atoms with Crippen LogP contribution in [0.15, 0.2) is 12.1 Å². The van der Waals surface area contributed by atoms with Gasteiger partial charge in [0.15, 0.2) is 11.5 Å². The number of piperidine rings is 1. The van der Waals surface area contributed by atoms with Crippen molar-refractivity contribution in [2.24, 2.45) is 0 Å². The van der Waals surface area contributed by atoms with Crippen LogP contribution in [-0.2, 0) is 6.42 Å². The van der Waals surface area contributed by atoms with Crippen LogP contribution in [0, 0.1) is 0 Å². The number of benzene rings is 1. The van der Waals surface area contributed by atoms with Gasteiger partial charge in [0.1, 0.15) is 0 Å². The number of nitrogens with one attached hydrogen (secondary N) is 1. The van der Waals surface area contributed by atoms with Crippen molar-refractivity contribution in [3.8, 4) is 11.5 Å². The Hall–Kier alpha value is -0.740. The van der Waals surface area contributed by atoms with Crippen molar-refractivity contribution in [2.45, 2.75) is 37.6 Å². The summed E-state index contributed by atoms with van der Waals surface area (Å²) in [5.74, 6) is 0.631. The summed E-state index contributed by atoms with van der Waals surface area (Å²) in [6.45, 7) is 1.11. The minimum atomic E-state index is 0. The average molecular weight is 300 g/mol. The van der Waals surface area contributed by atoms with Gasteiger partial charge in [0.05, 0.1) is 0 Å². The maximum atomic E-state index is 9.86. The Morgan fingerprint density at radius 2 is 2.00 bits per heavy atom. The van der Waals surface area contributed by atoms with Gasteiger partial charge in [-0.1, -0.05) is 6.07 Å². The fourth-order valence-electron chi connectivity index (χ4n) is 3.18. The monoisotopic (exact) mass is 299 g/mol. The number of halogens is 1. The summed E-state index contributed by atoms with van der Waals surface area (Å²) in [4.78, 5) is 0. The summed E-state index contributed by atoms with van der Waals surface area (Å²) in [7, 11) is 0. The van der Waals surface area contributed by atoms with Crippen LogP contribution in [0.4, 0.5) is 0 Å². The van der Waals surface area contributed by atoms with Crippen LogP contribution in [0.1, 0.15) is 36.3 Å². The van der Waals surface area contributed by atoms with E-state index in [1.54, 1.807) is 6.07 Å². The Labute approximate surface area is 112 Å². The second-order valence-corrected chi connectivity index (χ2v) is 4.85. The molecule has 1 aliphatic carbocycles. The maximum Gasteiger partial charge on any atom is 0.160 e. The maximum absolute atomic E-state index is 9.86. The normalized spacial score (nSPS) is 26.6. The van der Waals surface area contributed by atoms with Crippen molar-refractivity contribution in [1.29, 1.82) is 0 Å². The number of aromatic hydroxyl groups is 2. The molecule has 1 aromatic carbocycles. The molecule has 1 aliphatic heterocycles. The standard InChI is InChI=1S/C13H17NO2.BrH/c15-12-6-4-8-9-2-1-7-14-11(9)5-3-10(8)13(12)16;/h4,6,9,11,14-16H,1-3,5,7H2;1H/t9-,11+;/m1./s1. The van der Waals surface area contributed by atoms with Crippen LogP contribution in [0.3, 0.4) is 0 Å². The molecule has 0 spiro atoms. The van der Waals surface area contributed by atoms with Gasteiger partial charge in [-0.05, 0) is 49.8 Å². The van der Waals surface area contributed by atoms with Gasteiger partial charge in [-0.3, -0.25) is 0 Å². The van der Waals surface area contributed by atoms with E-state index in [0.717, 1.165) is 24.9 Å². The first-order valence-electron chi connectivity index (χ1n) is 6.04. The van der Waals surface area contributed by atoms with E-state index in [9.17, 15) is 10.2 Å². The summed E-state index contributed by atoms with van der Waals surface area (Å²) in [6.07, 6.45) is 4.32. The Morgan fingerprint density at radius 1 is 1.18 bits per heavy atom. The molecule has 3 rings (SSSR count). The molecule has 1 fully saturated rings. The van der Waals surface area contributed by atoms with Crippen molar-refractivity contribution in [2.75, 3.05) is 6.54 Å². The molecule has 0 amide bonds. The SMILES string of the molecule is Br.Oc1ccc2c(c1O)CC[C@@H]1NCCC[C@H]21. The lowest BCUT2D eigenvalue weighted by Gasteiger charge is -2.38. The predicted octanol–water partition coefficient (Wildman–Crippen LogP) is 2.46. The predicted molar refractivity (Wildman–Crippen MR) is 72.2 cm³/mol. The topological polar surface area (TPSA) is 52.5 Å². The third-order valence-corrected chi connectivity index (χ3v) is 3.99. The van der Waals surface area contributed by atoms with E-state index >= 15 is 0 Å². The highest BCUT2D eigenvalue weighted by Gasteiger charge is 2.32. The highest BCUT2D eigenvalue weighted by atomic mass is 79.9. The van der Waals surface area contributed by atoms with Gasteiger partial charge in [-0.2, -0.15) is 0 Å². The summed E-state index contributed by atoms with van der Waals surface area (Å²) in [6, 6.07) is 4.16. The lowest BCUT2D eigenvalue weighted by molar-refractivity contribution is 0.312. The second-order valence-electron chi connectivity index (χ2n) is 4.85. The molecular weight excluding hydrogens is 282 g/mol. The fourth-order valence-corrected chi connectivity index (χ4v) is 3.18. The van der Waals surface area contributed by atoms with E-state index in [2.05, 4.69) is 5.32 Å². The first-order valence-corrected chi connectivity index (χ1v) is 6.04. The minimum absolute atomic E-state index is 0. The largest absolute Gasteiger partial charge is 0.504 e. The third-order valence-electron chi connectivity index (χ3n) is 3.99. The molecule has 1 heterocycles. The van der Waals surface area contributed by atoms with Crippen molar-refractivity contribution < 1.29 is 10.2 Å². The molecule has 3 nitrogen and oxygen atoms in total. The summed E-state index contributed by atoms with van der Waals surface area (Å²) in [5.41, 5.74) is 2.20. The van der Waals surface area contributed by atoms with Crippen LogP contribution in [0.2, 0.25) is 0 Å². The molecule has 0 bridgehead atoms. The summed E-state index contributed by atoms with van der Waals surface area (Å²) < 4.78 is 0. The zero-order chi connectivity index (χ0) is 11.1. The molecule has 0 aromatic heterocycles. The molecule has 0 radical (unpaired) electrons. The van der Waals surface area contributed by atoms with Gasteiger partial charge in [0.2, 0.25) is 0 Å². The molecule has 2 atom stereocenters. The zero-order valence-corrected chi connectivity index (χ0v) is 11.4. The van der Waals surface area contributed by atoms with E-state index in [1.165, 1.54) is 18.4 Å². The minimum Gasteiger partial charge on any atom is -0.504 e. The molecule has 1 saturated heterocycles. The van der Waals surface area contributed by atoms with Crippen LogP contribution in [-0.4, -0.2) is 22.8 Å². The second kappa shape index (κ2) is 4.86. The number of fused-ring (bicyclic) bond motifs is 3. The smallest absolute Gasteiger partial charge is 0.160 e. The van der Waals surface area contributed by atoms with Gasteiger partial charge in [0.25, 0.3) is 0 Å². The highest BCUT2D eigenvalue weighted by Crippen LogP contribution is 2.43. The number of phenols is 2. The molecule has 1 aromatic rings. The van der Waals surface area contributed by atoms with Gasteiger partial charge < -0.3 is 15.5 Å². The van der Waals surface area contributed by atoms with Gasteiger partial charge in [0, 0.05) is 11.6 Å². The average Bonchev–Trinajstić information content (AvgIpc) is 2.33. The van der Waals surface area contributed by atoms with Crippen LogP contribution >= 0.6 is 17.0 Å². The van der Waals surface area contributed by atoms with Gasteiger partial charge >= 0.3 is 0 Å². The first kappa shape index (κ1) is 12.7.